The van der Waals surface area contributed by atoms with Gasteiger partial charge in [0.1, 0.15) is 11.6 Å². The molecule has 5 nitrogen and oxygen atoms in total. The summed E-state index contributed by atoms with van der Waals surface area (Å²) in [5.74, 6) is 2.29. The van der Waals surface area contributed by atoms with Gasteiger partial charge in [-0.3, -0.25) is 4.79 Å². The first kappa shape index (κ1) is 20.7. The molecule has 30 heavy (non-hydrogen) atoms. The molecular formula is C24H28ClN3O2. The summed E-state index contributed by atoms with van der Waals surface area (Å²) in [5.41, 5.74) is 3.17. The van der Waals surface area contributed by atoms with E-state index in [0.717, 1.165) is 65.7 Å². The van der Waals surface area contributed by atoms with Gasteiger partial charge >= 0.3 is 0 Å². The number of imidazole rings is 1. The van der Waals surface area contributed by atoms with E-state index in [-0.39, 0.29) is 11.8 Å². The standard InChI is InChI=1S/C24H28ClN3O2/c1-3-27-16-18(15-23(27)29)24-26-21-8-4-5-9-22(21)28(24)12-6-7-13-30-19-10-11-20(25)17(2)14-19/h4-5,8-11,14,18H,3,6-7,12-13,15-16H2,1-2H3. The number of likely N-dealkylation sites (N-methyl/N-ethyl adjacent to an activating group) is 1. The maximum atomic E-state index is 12.3. The van der Waals surface area contributed by atoms with E-state index in [9.17, 15) is 4.79 Å². The maximum Gasteiger partial charge on any atom is 0.223 e. The lowest BCUT2D eigenvalue weighted by atomic mass is 10.1. The van der Waals surface area contributed by atoms with Crippen LogP contribution in [0, 0.1) is 6.92 Å². The zero-order valence-corrected chi connectivity index (χ0v) is 18.4. The van der Waals surface area contributed by atoms with Crippen LogP contribution >= 0.6 is 11.6 Å². The molecule has 0 aliphatic carbocycles. The molecule has 3 aromatic rings. The Hall–Kier alpha value is -2.53. The Morgan fingerprint density at radius 3 is 2.80 bits per heavy atom. The third kappa shape index (κ3) is 4.31. The van der Waals surface area contributed by atoms with E-state index in [1.165, 1.54) is 0 Å². The largest absolute Gasteiger partial charge is 0.494 e. The van der Waals surface area contributed by atoms with E-state index in [0.29, 0.717) is 13.0 Å². The smallest absolute Gasteiger partial charge is 0.223 e. The predicted molar refractivity (Wildman–Crippen MR) is 120 cm³/mol. The first-order chi connectivity index (χ1) is 14.6. The molecule has 0 saturated carbocycles. The van der Waals surface area contributed by atoms with Crippen LogP contribution in [-0.2, 0) is 11.3 Å². The summed E-state index contributed by atoms with van der Waals surface area (Å²) in [6.07, 6.45) is 2.48. The molecule has 2 heterocycles. The van der Waals surface area contributed by atoms with E-state index in [4.69, 9.17) is 21.3 Å². The summed E-state index contributed by atoms with van der Waals surface area (Å²) >= 11 is 6.08. The molecule has 1 aliphatic rings. The monoisotopic (exact) mass is 425 g/mol. The average molecular weight is 426 g/mol. The van der Waals surface area contributed by atoms with Crippen LogP contribution in [0.2, 0.25) is 5.02 Å². The first-order valence-electron chi connectivity index (χ1n) is 10.7. The minimum Gasteiger partial charge on any atom is -0.494 e. The van der Waals surface area contributed by atoms with Gasteiger partial charge in [0, 0.05) is 37.0 Å². The molecule has 0 bridgehead atoms. The second kappa shape index (κ2) is 9.09. The van der Waals surface area contributed by atoms with Crippen molar-refractivity contribution in [3.8, 4) is 5.75 Å². The van der Waals surface area contributed by atoms with Crippen LogP contribution in [0.3, 0.4) is 0 Å². The minimum atomic E-state index is 0.165. The Balaban J connectivity index is 1.42. The SMILES string of the molecule is CCN1CC(c2nc3ccccc3n2CCCCOc2ccc(Cl)c(C)c2)CC1=O. The Morgan fingerprint density at radius 1 is 1.20 bits per heavy atom. The molecule has 2 aromatic carbocycles. The number of hydrogen-bond donors (Lipinski definition) is 0. The van der Waals surface area contributed by atoms with Crippen molar-refractivity contribution in [3.63, 3.8) is 0 Å². The summed E-state index contributed by atoms with van der Waals surface area (Å²) in [6.45, 7) is 7.07. The van der Waals surface area contributed by atoms with E-state index in [1.807, 2.05) is 43.0 Å². The molecule has 1 fully saturated rings. The number of carbonyl (C=O) groups is 1. The van der Waals surface area contributed by atoms with Crippen LogP contribution in [-0.4, -0.2) is 40.1 Å². The molecule has 1 aliphatic heterocycles. The molecule has 0 spiro atoms. The number of aromatic nitrogens is 2. The van der Waals surface area contributed by atoms with Crippen molar-refractivity contribution < 1.29 is 9.53 Å². The summed E-state index contributed by atoms with van der Waals surface area (Å²) in [4.78, 5) is 19.1. The van der Waals surface area contributed by atoms with Gasteiger partial charge < -0.3 is 14.2 Å². The number of halogens is 1. The molecule has 158 valence electrons. The molecule has 0 N–H and O–H groups in total. The van der Waals surface area contributed by atoms with Crippen molar-refractivity contribution in [2.45, 2.75) is 45.6 Å². The van der Waals surface area contributed by atoms with Gasteiger partial charge in [-0.15, -0.1) is 0 Å². The number of unbranched alkanes of at least 4 members (excludes halogenated alkanes) is 1. The van der Waals surface area contributed by atoms with Gasteiger partial charge in [0.2, 0.25) is 5.91 Å². The number of aryl methyl sites for hydroxylation is 2. The summed E-state index contributed by atoms with van der Waals surface area (Å²) < 4.78 is 8.19. The van der Waals surface area contributed by atoms with Crippen molar-refractivity contribution >= 4 is 28.5 Å². The third-order valence-corrected chi connectivity index (χ3v) is 6.24. The van der Waals surface area contributed by atoms with Gasteiger partial charge in [0.25, 0.3) is 0 Å². The number of hydrogen-bond acceptors (Lipinski definition) is 3. The van der Waals surface area contributed by atoms with E-state index in [1.54, 1.807) is 0 Å². The van der Waals surface area contributed by atoms with E-state index < -0.39 is 0 Å². The highest BCUT2D eigenvalue weighted by Crippen LogP contribution is 2.30. The number of likely N-dealkylation sites (tertiary alicyclic amines) is 1. The van der Waals surface area contributed by atoms with Crippen molar-refractivity contribution in [1.29, 1.82) is 0 Å². The predicted octanol–water partition coefficient (Wildman–Crippen LogP) is 5.19. The number of carbonyl (C=O) groups excluding carboxylic acids is 1. The molecule has 1 amide bonds. The molecule has 1 atom stereocenters. The molecule has 1 unspecified atom stereocenters. The fourth-order valence-corrected chi connectivity index (χ4v) is 4.28. The lowest BCUT2D eigenvalue weighted by Crippen LogP contribution is -2.24. The Bertz CT molecular complexity index is 1050. The quantitative estimate of drug-likeness (QED) is 0.466. The van der Waals surface area contributed by atoms with E-state index >= 15 is 0 Å². The number of ether oxygens (including phenoxy) is 1. The topological polar surface area (TPSA) is 47.4 Å². The van der Waals surface area contributed by atoms with Crippen molar-refractivity contribution in [2.75, 3.05) is 19.7 Å². The van der Waals surface area contributed by atoms with Gasteiger partial charge in [-0.2, -0.15) is 0 Å². The zero-order chi connectivity index (χ0) is 21.1. The summed E-state index contributed by atoms with van der Waals surface area (Å²) in [5, 5.41) is 0.758. The highest BCUT2D eigenvalue weighted by Gasteiger charge is 2.32. The fraction of sp³-hybridized carbons (Fsp3) is 0.417. The van der Waals surface area contributed by atoms with Gasteiger partial charge in [-0.25, -0.2) is 4.98 Å². The molecule has 0 radical (unpaired) electrons. The number of fused-ring (bicyclic) bond motifs is 1. The molecular weight excluding hydrogens is 398 g/mol. The zero-order valence-electron chi connectivity index (χ0n) is 17.6. The van der Waals surface area contributed by atoms with Gasteiger partial charge in [-0.05, 0) is 62.6 Å². The van der Waals surface area contributed by atoms with Crippen molar-refractivity contribution in [1.82, 2.24) is 14.5 Å². The Labute approximate surface area is 182 Å². The van der Waals surface area contributed by atoms with Gasteiger partial charge in [0.15, 0.2) is 0 Å². The minimum absolute atomic E-state index is 0.165. The second-order valence-electron chi connectivity index (χ2n) is 7.91. The number of nitrogens with zero attached hydrogens (tertiary/aromatic N) is 3. The van der Waals surface area contributed by atoms with Crippen LogP contribution < -0.4 is 4.74 Å². The number of benzene rings is 2. The van der Waals surface area contributed by atoms with Gasteiger partial charge in [-0.1, -0.05) is 23.7 Å². The third-order valence-electron chi connectivity index (χ3n) is 5.82. The number of amides is 1. The van der Waals surface area contributed by atoms with Crippen LogP contribution in [0.5, 0.6) is 5.75 Å². The highest BCUT2D eigenvalue weighted by atomic mass is 35.5. The van der Waals surface area contributed by atoms with Crippen LogP contribution in [0.25, 0.3) is 11.0 Å². The molecule has 1 aromatic heterocycles. The normalized spacial score (nSPS) is 16.6. The van der Waals surface area contributed by atoms with E-state index in [2.05, 4.69) is 22.8 Å². The fourth-order valence-electron chi connectivity index (χ4n) is 4.16. The summed E-state index contributed by atoms with van der Waals surface area (Å²) in [7, 11) is 0. The van der Waals surface area contributed by atoms with Crippen LogP contribution in [0.4, 0.5) is 0 Å². The first-order valence-corrected chi connectivity index (χ1v) is 11.1. The Kier molecular flexibility index (Phi) is 6.28. The molecule has 4 rings (SSSR count). The Morgan fingerprint density at radius 2 is 2.03 bits per heavy atom. The number of para-hydroxylation sites is 2. The highest BCUT2D eigenvalue weighted by molar-refractivity contribution is 6.31. The van der Waals surface area contributed by atoms with Crippen LogP contribution in [0.15, 0.2) is 42.5 Å². The second-order valence-corrected chi connectivity index (χ2v) is 8.32. The molecule has 1 saturated heterocycles. The number of rotatable bonds is 8. The van der Waals surface area contributed by atoms with Crippen molar-refractivity contribution in [3.05, 3.63) is 58.9 Å². The van der Waals surface area contributed by atoms with Crippen molar-refractivity contribution in [2.24, 2.45) is 0 Å². The average Bonchev–Trinajstić information content (AvgIpc) is 3.30. The van der Waals surface area contributed by atoms with Gasteiger partial charge in [0.05, 0.1) is 17.6 Å². The molecule has 6 heteroatoms. The van der Waals surface area contributed by atoms with Crippen LogP contribution in [0.1, 0.15) is 43.5 Å². The summed E-state index contributed by atoms with van der Waals surface area (Å²) in [6, 6.07) is 14.0. The maximum absolute atomic E-state index is 12.3. The lowest BCUT2D eigenvalue weighted by Gasteiger charge is -2.15. The lowest BCUT2D eigenvalue weighted by molar-refractivity contribution is -0.127.